The molecule has 2 amide bonds. The van der Waals surface area contributed by atoms with Gasteiger partial charge in [-0.1, -0.05) is 36.4 Å². The molecule has 38 heavy (non-hydrogen) atoms. The molecule has 192 valence electrons. The Hall–Kier alpha value is -4.47. The number of amides is 2. The highest BCUT2D eigenvalue weighted by molar-refractivity contribution is 6.25. The lowest BCUT2D eigenvalue weighted by molar-refractivity contribution is -0.137. The van der Waals surface area contributed by atoms with Crippen LogP contribution < -0.4 is 9.64 Å². The van der Waals surface area contributed by atoms with Crippen LogP contribution in [-0.2, 0) is 15.8 Å². The Balaban J connectivity index is 1.50. The second kappa shape index (κ2) is 8.54. The summed E-state index contributed by atoms with van der Waals surface area (Å²) < 4.78 is 46.7. The smallest absolute Gasteiger partial charge is 0.418 e. The van der Waals surface area contributed by atoms with E-state index in [1.807, 2.05) is 0 Å². The number of alkyl halides is 3. The van der Waals surface area contributed by atoms with E-state index in [1.54, 1.807) is 54.7 Å². The van der Waals surface area contributed by atoms with Gasteiger partial charge in [-0.05, 0) is 47.5 Å². The van der Waals surface area contributed by atoms with Gasteiger partial charge in [-0.15, -0.1) is 0 Å². The van der Waals surface area contributed by atoms with Gasteiger partial charge in [0.15, 0.2) is 5.78 Å². The number of para-hydroxylation sites is 1. The average Bonchev–Trinajstić information content (AvgIpc) is 3.40. The van der Waals surface area contributed by atoms with Crippen LogP contribution in [0.3, 0.4) is 0 Å². The van der Waals surface area contributed by atoms with Gasteiger partial charge < -0.3 is 4.74 Å². The molecule has 0 N–H and O–H groups in total. The maximum atomic E-state index is 13.9. The minimum Gasteiger partial charge on any atom is -0.497 e. The van der Waals surface area contributed by atoms with E-state index in [0.717, 1.165) is 12.1 Å². The fraction of sp³-hybridized carbons (Fsp3) is 0.214. The number of carbonyl (C=O) groups excluding carboxylic acids is 3. The number of methoxy groups -OCH3 is 1. The number of carbonyl (C=O) groups is 3. The number of anilines is 1. The van der Waals surface area contributed by atoms with Gasteiger partial charge in [-0.2, -0.15) is 18.3 Å². The number of Topliss-reactive ketones (excluding diaryl/α,β-unsaturated/α-hetero) is 1. The summed E-state index contributed by atoms with van der Waals surface area (Å²) >= 11 is 0. The van der Waals surface area contributed by atoms with Gasteiger partial charge in [0.05, 0.1) is 42.5 Å². The van der Waals surface area contributed by atoms with E-state index >= 15 is 0 Å². The Bertz CT molecular complexity index is 1500. The second-order valence-corrected chi connectivity index (χ2v) is 9.31. The molecule has 0 bridgehead atoms. The van der Waals surface area contributed by atoms with Crippen molar-refractivity contribution >= 4 is 29.5 Å². The number of halogens is 3. The molecule has 0 radical (unpaired) electrons. The monoisotopic (exact) mass is 519 g/mol. The molecule has 0 spiro atoms. The van der Waals surface area contributed by atoms with Crippen LogP contribution in [0.4, 0.5) is 18.9 Å². The molecule has 2 fully saturated rings. The Morgan fingerprint density at radius 3 is 2.26 bits per heavy atom. The van der Waals surface area contributed by atoms with Crippen LogP contribution in [-0.4, -0.2) is 42.0 Å². The Kier molecular flexibility index (Phi) is 5.37. The van der Waals surface area contributed by atoms with Crippen LogP contribution in [0.2, 0.25) is 0 Å². The molecule has 10 heteroatoms. The molecular formula is C28H20F3N3O4. The minimum absolute atomic E-state index is 0.263. The van der Waals surface area contributed by atoms with E-state index in [1.165, 1.54) is 24.3 Å². The number of ether oxygens (including phenoxy) is 1. The molecule has 3 aromatic carbocycles. The number of hydrogen-bond acceptors (Lipinski definition) is 6. The van der Waals surface area contributed by atoms with Crippen molar-refractivity contribution in [3.05, 3.63) is 95.1 Å². The number of fused-ring (bicyclic) bond motifs is 5. The van der Waals surface area contributed by atoms with E-state index in [0.29, 0.717) is 21.8 Å². The molecule has 0 saturated carbocycles. The van der Waals surface area contributed by atoms with Crippen LogP contribution in [0, 0.1) is 11.8 Å². The highest BCUT2D eigenvalue weighted by Gasteiger charge is 2.65. The summed E-state index contributed by atoms with van der Waals surface area (Å²) in [5.41, 5.74) is 0.00513. The largest absolute Gasteiger partial charge is 0.497 e. The number of hydrogen-bond donors (Lipinski definition) is 0. The topological polar surface area (TPSA) is 79.3 Å². The fourth-order valence-electron chi connectivity index (χ4n) is 5.74. The normalized spacial score (nSPS) is 23.8. The van der Waals surface area contributed by atoms with E-state index in [4.69, 9.17) is 4.74 Å². The van der Waals surface area contributed by atoms with Crippen molar-refractivity contribution in [1.82, 2.24) is 5.01 Å². The number of rotatable bonds is 4. The lowest BCUT2D eigenvalue weighted by Crippen LogP contribution is -2.45. The fourth-order valence-corrected chi connectivity index (χ4v) is 5.74. The SMILES string of the molecule is COc1ccc(C(=O)[C@@H]2[C@H]3C(=O)N(c4ccccc4C(F)(F)F)C(=O)[C@@H]3[C@H]3c4ccccc4C=NN23)cc1. The lowest BCUT2D eigenvalue weighted by atomic mass is 9.83. The van der Waals surface area contributed by atoms with Crippen molar-refractivity contribution in [2.75, 3.05) is 12.0 Å². The predicted octanol–water partition coefficient (Wildman–Crippen LogP) is 4.48. The van der Waals surface area contributed by atoms with E-state index in [-0.39, 0.29) is 5.56 Å². The molecule has 7 nitrogen and oxygen atoms in total. The summed E-state index contributed by atoms with van der Waals surface area (Å²) in [6, 6.07) is 15.9. The van der Waals surface area contributed by atoms with Crippen molar-refractivity contribution in [3.63, 3.8) is 0 Å². The standard InChI is InChI=1S/C28H20F3N3O4/c1-38-17-12-10-15(11-13-17)25(35)24-22-21(23-18-7-3-2-6-16(18)14-32-34(23)24)26(36)33(27(22)37)20-9-5-4-8-19(20)28(29,30)31/h2-14,21-24H,1H3/t21-,22-,23+,24-/m0/s1. The van der Waals surface area contributed by atoms with Gasteiger partial charge in [-0.25, -0.2) is 4.90 Å². The van der Waals surface area contributed by atoms with Crippen molar-refractivity contribution in [2.45, 2.75) is 18.3 Å². The lowest BCUT2D eigenvalue weighted by Gasteiger charge is -2.34. The van der Waals surface area contributed by atoms with Gasteiger partial charge in [-0.3, -0.25) is 19.4 Å². The predicted molar refractivity (Wildman–Crippen MR) is 131 cm³/mol. The van der Waals surface area contributed by atoms with Crippen LogP contribution in [0.15, 0.2) is 77.9 Å². The van der Waals surface area contributed by atoms with Gasteiger partial charge in [0, 0.05) is 5.56 Å². The zero-order valence-electron chi connectivity index (χ0n) is 19.9. The van der Waals surface area contributed by atoms with Crippen LogP contribution in [0.25, 0.3) is 0 Å². The summed E-state index contributed by atoms with van der Waals surface area (Å²) in [6.07, 6.45) is -3.23. The first-order valence-corrected chi connectivity index (χ1v) is 11.9. The van der Waals surface area contributed by atoms with E-state index in [2.05, 4.69) is 5.10 Å². The van der Waals surface area contributed by atoms with E-state index in [9.17, 15) is 27.6 Å². The van der Waals surface area contributed by atoms with Crippen molar-refractivity contribution in [3.8, 4) is 5.75 Å². The summed E-state index contributed by atoms with van der Waals surface area (Å²) in [5, 5.41) is 5.93. The highest BCUT2D eigenvalue weighted by Crippen LogP contribution is 2.54. The molecule has 0 aromatic heterocycles. The highest BCUT2D eigenvalue weighted by atomic mass is 19.4. The molecule has 3 aliphatic heterocycles. The molecule has 0 aliphatic carbocycles. The van der Waals surface area contributed by atoms with Crippen LogP contribution in [0.1, 0.15) is 33.1 Å². The third-order valence-electron chi connectivity index (χ3n) is 7.39. The summed E-state index contributed by atoms with van der Waals surface area (Å²) in [6.45, 7) is 0. The Labute approximate surface area is 215 Å². The first kappa shape index (κ1) is 23.9. The Morgan fingerprint density at radius 2 is 1.55 bits per heavy atom. The molecule has 3 heterocycles. The van der Waals surface area contributed by atoms with Crippen molar-refractivity contribution < 1.29 is 32.3 Å². The Morgan fingerprint density at radius 1 is 0.895 bits per heavy atom. The molecular weight excluding hydrogens is 499 g/mol. The third kappa shape index (κ3) is 3.43. The average molecular weight is 519 g/mol. The zero-order chi connectivity index (χ0) is 26.8. The molecule has 6 rings (SSSR count). The van der Waals surface area contributed by atoms with Crippen molar-refractivity contribution in [2.24, 2.45) is 16.9 Å². The summed E-state index contributed by atoms with van der Waals surface area (Å²) in [7, 11) is 1.49. The van der Waals surface area contributed by atoms with Gasteiger partial charge >= 0.3 is 6.18 Å². The van der Waals surface area contributed by atoms with Gasteiger partial charge in [0.25, 0.3) is 0 Å². The number of nitrogens with zero attached hydrogens (tertiary/aromatic N) is 3. The zero-order valence-corrected chi connectivity index (χ0v) is 19.9. The van der Waals surface area contributed by atoms with Gasteiger partial charge in [0.2, 0.25) is 11.8 Å². The first-order valence-electron chi connectivity index (χ1n) is 11.9. The van der Waals surface area contributed by atoms with Crippen molar-refractivity contribution in [1.29, 1.82) is 0 Å². The number of ketones is 1. The summed E-state index contributed by atoms with van der Waals surface area (Å²) in [4.78, 5) is 42.2. The van der Waals surface area contributed by atoms with Gasteiger partial charge in [0.1, 0.15) is 11.8 Å². The quantitative estimate of drug-likeness (QED) is 0.375. The number of hydrazone groups is 1. The number of imide groups is 1. The first-order chi connectivity index (χ1) is 18.2. The third-order valence-corrected chi connectivity index (χ3v) is 7.39. The van der Waals surface area contributed by atoms with E-state index < -0.39 is 58.9 Å². The minimum atomic E-state index is -4.79. The molecule has 3 aromatic rings. The summed E-state index contributed by atoms with van der Waals surface area (Å²) in [5.74, 6) is -3.92. The van der Waals surface area contributed by atoms with Crippen LogP contribution in [0.5, 0.6) is 5.75 Å². The molecule has 0 unspecified atom stereocenters. The van der Waals surface area contributed by atoms with Crippen LogP contribution >= 0.6 is 0 Å². The molecule has 2 saturated heterocycles. The molecule has 3 aliphatic rings. The maximum Gasteiger partial charge on any atom is 0.418 e. The maximum absolute atomic E-state index is 13.9. The number of benzene rings is 3. The molecule has 4 atom stereocenters. The second-order valence-electron chi connectivity index (χ2n) is 9.31.